The first-order chi connectivity index (χ1) is 7.97. The van der Waals surface area contributed by atoms with Gasteiger partial charge in [0.25, 0.3) is 0 Å². The molecule has 2 rings (SSSR count). The Bertz CT molecular complexity index is 497. The molecule has 2 aromatic rings. The van der Waals surface area contributed by atoms with Gasteiger partial charge in [-0.3, -0.25) is 0 Å². The Morgan fingerprint density at radius 3 is 2.29 bits per heavy atom. The molecule has 0 saturated carbocycles. The van der Waals surface area contributed by atoms with E-state index in [1.165, 1.54) is 22.8 Å². The zero-order valence-electron chi connectivity index (χ0n) is 11.3. The van der Waals surface area contributed by atoms with E-state index in [2.05, 4.69) is 70.2 Å². The highest BCUT2D eigenvalue weighted by molar-refractivity contribution is 5.86. The minimum absolute atomic E-state index is 0.385. The van der Waals surface area contributed by atoms with Gasteiger partial charge in [0.1, 0.15) is 0 Å². The molecule has 0 radical (unpaired) electrons. The third kappa shape index (κ3) is 2.88. The summed E-state index contributed by atoms with van der Waals surface area (Å²) in [6.45, 7) is 9.28. The Morgan fingerprint density at radius 2 is 1.59 bits per heavy atom. The summed E-state index contributed by atoms with van der Waals surface area (Å²) in [6.07, 6.45) is 1.22. The molecule has 0 saturated heterocycles. The van der Waals surface area contributed by atoms with Crippen molar-refractivity contribution in [1.29, 1.82) is 0 Å². The van der Waals surface area contributed by atoms with Crippen LogP contribution in [0.2, 0.25) is 0 Å². The maximum Gasteiger partial charge on any atom is -0.0149 e. The second-order valence-electron chi connectivity index (χ2n) is 6.23. The lowest BCUT2D eigenvalue weighted by atomic mass is 9.81. The molecule has 1 unspecified atom stereocenters. The van der Waals surface area contributed by atoms with Crippen LogP contribution in [0.15, 0.2) is 42.5 Å². The third-order valence-corrected chi connectivity index (χ3v) is 3.27. The fourth-order valence-corrected chi connectivity index (χ4v) is 2.71. The Hall–Kier alpha value is -1.30. The Morgan fingerprint density at radius 1 is 0.941 bits per heavy atom. The van der Waals surface area contributed by atoms with Crippen molar-refractivity contribution in [1.82, 2.24) is 0 Å². The van der Waals surface area contributed by atoms with Crippen LogP contribution in [0.25, 0.3) is 10.8 Å². The van der Waals surface area contributed by atoms with Crippen LogP contribution >= 0.6 is 0 Å². The Balaban J connectivity index is 2.41. The van der Waals surface area contributed by atoms with Crippen molar-refractivity contribution in [2.75, 3.05) is 0 Å². The number of benzene rings is 2. The van der Waals surface area contributed by atoms with E-state index in [0.29, 0.717) is 11.3 Å². The molecular formula is C17H22. The predicted octanol–water partition coefficient (Wildman–Crippen LogP) is 5.38. The lowest BCUT2D eigenvalue weighted by Gasteiger charge is -2.24. The summed E-state index contributed by atoms with van der Waals surface area (Å²) in [7, 11) is 0. The lowest BCUT2D eigenvalue weighted by Crippen LogP contribution is -2.10. The molecule has 0 heterocycles. The van der Waals surface area contributed by atoms with Gasteiger partial charge in [-0.25, -0.2) is 0 Å². The Kier molecular flexibility index (Phi) is 3.24. The zero-order valence-corrected chi connectivity index (χ0v) is 11.3. The van der Waals surface area contributed by atoms with Gasteiger partial charge in [-0.15, -0.1) is 0 Å². The fourth-order valence-electron chi connectivity index (χ4n) is 2.71. The van der Waals surface area contributed by atoms with Crippen molar-refractivity contribution >= 4 is 10.8 Å². The van der Waals surface area contributed by atoms with Crippen LogP contribution in [0.1, 0.15) is 45.6 Å². The number of hydrogen-bond donors (Lipinski definition) is 0. The van der Waals surface area contributed by atoms with E-state index in [0.717, 1.165) is 0 Å². The smallest absolute Gasteiger partial charge is 0.0149 e. The van der Waals surface area contributed by atoms with Crippen LogP contribution in [-0.2, 0) is 0 Å². The highest BCUT2D eigenvalue weighted by Gasteiger charge is 2.17. The largest absolute Gasteiger partial charge is 0.0616 e. The van der Waals surface area contributed by atoms with E-state index >= 15 is 0 Å². The molecule has 0 heteroatoms. The summed E-state index contributed by atoms with van der Waals surface area (Å²) in [5, 5.41) is 2.76. The van der Waals surface area contributed by atoms with Crippen LogP contribution in [0.4, 0.5) is 0 Å². The summed E-state index contributed by atoms with van der Waals surface area (Å²) in [5.74, 6) is 0.612. The van der Waals surface area contributed by atoms with Crippen LogP contribution in [0.3, 0.4) is 0 Å². The SMILES string of the molecule is CC(CC(C)(C)C)c1cccc2ccccc12. The second kappa shape index (κ2) is 4.52. The molecule has 17 heavy (non-hydrogen) atoms. The second-order valence-corrected chi connectivity index (χ2v) is 6.23. The van der Waals surface area contributed by atoms with Crippen LogP contribution in [-0.4, -0.2) is 0 Å². The molecule has 0 fully saturated rings. The van der Waals surface area contributed by atoms with Gasteiger partial charge in [0.05, 0.1) is 0 Å². The molecule has 0 aliphatic carbocycles. The molecule has 2 aromatic carbocycles. The number of fused-ring (bicyclic) bond motifs is 1. The topological polar surface area (TPSA) is 0 Å². The van der Waals surface area contributed by atoms with Crippen molar-refractivity contribution in [3.63, 3.8) is 0 Å². The van der Waals surface area contributed by atoms with Crippen molar-refractivity contribution < 1.29 is 0 Å². The maximum atomic E-state index is 2.34. The molecule has 0 N–H and O–H groups in total. The summed E-state index contributed by atoms with van der Waals surface area (Å²) in [5.41, 5.74) is 1.87. The van der Waals surface area contributed by atoms with E-state index in [1.54, 1.807) is 0 Å². The van der Waals surface area contributed by atoms with Gasteiger partial charge in [-0.2, -0.15) is 0 Å². The summed E-state index contributed by atoms with van der Waals surface area (Å²) in [6, 6.07) is 15.3. The van der Waals surface area contributed by atoms with Gasteiger partial charge in [-0.05, 0) is 34.1 Å². The van der Waals surface area contributed by atoms with Gasteiger partial charge >= 0.3 is 0 Å². The molecule has 0 bridgehead atoms. The van der Waals surface area contributed by atoms with Crippen LogP contribution in [0, 0.1) is 5.41 Å². The molecule has 90 valence electrons. The molecule has 0 nitrogen and oxygen atoms in total. The highest BCUT2D eigenvalue weighted by atomic mass is 14.2. The third-order valence-electron chi connectivity index (χ3n) is 3.27. The molecule has 1 atom stereocenters. The number of rotatable bonds is 2. The lowest BCUT2D eigenvalue weighted by molar-refractivity contribution is 0.349. The maximum absolute atomic E-state index is 2.34. The number of hydrogen-bond acceptors (Lipinski definition) is 0. The van der Waals surface area contributed by atoms with Gasteiger partial charge in [0.2, 0.25) is 0 Å². The first-order valence-electron chi connectivity index (χ1n) is 6.45. The molecule has 0 aromatic heterocycles. The standard InChI is InChI=1S/C17H22/c1-13(12-17(2,3)4)15-11-7-9-14-8-5-6-10-16(14)15/h5-11,13H,12H2,1-4H3. The minimum atomic E-state index is 0.385. The normalized spacial score (nSPS) is 13.9. The van der Waals surface area contributed by atoms with E-state index in [-0.39, 0.29) is 0 Å². The summed E-state index contributed by atoms with van der Waals surface area (Å²) >= 11 is 0. The highest BCUT2D eigenvalue weighted by Crippen LogP contribution is 2.34. The van der Waals surface area contributed by atoms with Gasteiger partial charge in [0, 0.05) is 0 Å². The minimum Gasteiger partial charge on any atom is -0.0616 e. The summed E-state index contributed by atoms with van der Waals surface area (Å²) in [4.78, 5) is 0. The predicted molar refractivity (Wildman–Crippen MR) is 76.4 cm³/mol. The van der Waals surface area contributed by atoms with Gasteiger partial charge < -0.3 is 0 Å². The van der Waals surface area contributed by atoms with E-state index in [1.807, 2.05) is 0 Å². The molecule has 0 amide bonds. The van der Waals surface area contributed by atoms with E-state index in [4.69, 9.17) is 0 Å². The first-order valence-corrected chi connectivity index (χ1v) is 6.45. The van der Waals surface area contributed by atoms with E-state index < -0.39 is 0 Å². The molecule has 0 aliphatic heterocycles. The monoisotopic (exact) mass is 226 g/mol. The van der Waals surface area contributed by atoms with Crippen molar-refractivity contribution in [2.45, 2.75) is 40.0 Å². The van der Waals surface area contributed by atoms with Crippen LogP contribution < -0.4 is 0 Å². The average Bonchev–Trinajstić information content (AvgIpc) is 2.26. The zero-order chi connectivity index (χ0) is 12.5. The first kappa shape index (κ1) is 12.2. The molecule has 0 aliphatic rings. The summed E-state index contributed by atoms with van der Waals surface area (Å²) < 4.78 is 0. The quantitative estimate of drug-likeness (QED) is 0.645. The van der Waals surface area contributed by atoms with E-state index in [9.17, 15) is 0 Å². The molecular weight excluding hydrogens is 204 g/mol. The Labute approximate surface area is 105 Å². The van der Waals surface area contributed by atoms with Crippen LogP contribution in [0.5, 0.6) is 0 Å². The fraction of sp³-hybridized carbons (Fsp3) is 0.412. The van der Waals surface area contributed by atoms with Crippen molar-refractivity contribution in [3.05, 3.63) is 48.0 Å². The average molecular weight is 226 g/mol. The van der Waals surface area contributed by atoms with Gasteiger partial charge in [-0.1, -0.05) is 70.2 Å². The van der Waals surface area contributed by atoms with Crippen molar-refractivity contribution in [3.8, 4) is 0 Å². The van der Waals surface area contributed by atoms with Crippen molar-refractivity contribution in [2.24, 2.45) is 5.41 Å². The van der Waals surface area contributed by atoms with Gasteiger partial charge in [0.15, 0.2) is 0 Å². The molecule has 0 spiro atoms.